The maximum atomic E-state index is 12.4. The van der Waals surface area contributed by atoms with Crippen molar-refractivity contribution in [1.29, 1.82) is 0 Å². The molecule has 0 aromatic heterocycles. The molecule has 0 unspecified atom stereocenters. The summed E-state index contributed by atoms with van der Waals surface area (Å²) in [5.41, 5.74) is 5.15. The summed E-state index contributed by atoms with van der Waals surface area (Å²) in [6.07, 6.45) is -0.183. The molecule has 2 N–H and O–H groups in total. The number of nitrogens with zero attached hydrogens (tertiary/aromatic N) is 1. The lowest BCUT2D eigenvalue weighted by atomic mass is 9.97. The van der Waals surface area contributed by atoms with Crippen molar-refractivity contribution >= 4 is 5.91 Å². The summed E-state index contributed by atoms with van der Waals surface area (Å²) in [7, 11) is 0. The second-order valence-electron chi connectivity index (χ2n) is 5.92. The molecule has 0 saturated heterocycles. The second kappa shape index (κ2) is 5.31. The predicted octanol–water partition coefficient (Wildman–Crippen LogP) is 2.45. The Hall–Kier alpha value is -0.780. The van der Waals surface area contributed by atoms with Crippen LogP contribution in [0, 0.1) is 5.92 Å². The molecular formula is C13H21F3N2O. The van der Waals surface area contributed by atoms with Crippen LogP contribution in [0.4, 0.5) is 13.2 Å². The molecule has 0 heterocycles. The maximum Gasteiger partial charge on any atom is 0.390 e. The number of carbonyl (C=O) groups excluding carboxylic acids is 1. The Morgan fingerprint density at radius 1 is 1.26 bits per heavy atom. The third kappa shape index (κ3) is 4.09. The number of hydrogen-bond donors (Lipinski definition) is 1. The number of rotatable bonds is 5. The van der Waals surface area contributed by atoms with E-state index in [9.17, 15) is 18.0 Å². The molecule has 0 atom stereocenters. The standard InChI is InChI=1S/C13H21F3N2O/c14-13(15,16)7-8-18(9-10-3-4-10)11(19)12(17)5-1-2-6-12/h10H,1-9,17H2. The molecule has 0 bridgehead atoms. The average Bonchev–Trinajstić information content (AvgIpc) is 3.03. The molecule has 2 fully saturated rings. The number of halogens is 3. The Bertz CT molecular complexity index is 333. The summed E-state index contributed by atoms with van der Waals surface area (Å²) < 4.78 is 37.0. The minimum atomic E-state index is -4.22. The summed E-state index contributed by atoms with van der Waals surface area (Å²) in [6, 6.07) is 0. The zero-order valence-electron chi connectivity index (χ0n) is 11.0. The van der Waals surface area contributed by atoms with Crippen molar-refractivity contribution in [2.24, 2.45) is 11.7 Å². The van der Waals surface area contributed by atoms with Crippen molar-refractivity contribution < 1.29 is 18.0 Å². The highest BCUT2D eigenvalue weighted by Crippen LogP contribution is 2.34. The summed E-state index contributed by atoms with van der Waals surface area (Å²) in [4.78, 5) is 13.7. The highest BCUT2D eigenvalue weighted by atomic mass is 19.4. The molecule has 2 saturated carbocycles. The van der Waals surface area contributed by atoms with Crippen LogP contribution in [0.2, 0.25) is 0 Å². The van der Waals surface area contributed by atoms with Crippen LogP contribution in [0.25, 0.3) is 0 Å². The van der Waals surface area contributed by atoms with Crippen molar-refractivity contribution in [3.8, 4) is 0 Å². The van der Waals surface area contributed by atoms with Gasteiger partial charge in [-0.15, -0.1) is 0 Å². The molecule has 0 radical (unpaired) electrons. The van der Waals surface area contributed by atoms with Crippen LogP contribution in [0.1, 0.15) is 44.9 Å². The SMILES string of the molecule is NC1(C(=O)N(CCC(F)(F)F)CC2CC2)CCCC1. The van der Waals surface area contributed by atoms with Crippen molar-refractivity contribution in [3.05, 3.63) is 0 Å². The fourth-order valence-electron chi connectivity index (χ4n) is 2.68. The maximum absolute atomic E-state index is 12.4. The fourth-order valence-corrected chi connectivity index (χ4v) is 2.68. The first-order valence-electron chi connectivity index (χ1n) is 6.95. The number of carbonyl (C=O) groups is 1. The molecule has 2 rings (SSSR count). The molecule has 3 nitrogen and oxygen atoms in total. The van der Waals surface area contributed by atoms with Crippen molar-refractivity contribution in [2.45, 2.75) is 56.7 Å². The van der Waals surface area contributed by atoms with E-state index < -0.39 is 18.1 Å². The van der Waals surface area contributed by atoms with Crippen LogP contribution < -0.4 is 5.73 Å². The Morgan fingerprint density at radius 3 is 2.32 bits per heavy atom. The normalized spacial score (nSPS) is 22.5. The number of nitrogens with two attached hydrogens (primary N) is 1. The monoisotopic (exact) mass is 278 g/mol. The van der Waals surface area contributed by atoms with Gasteiger partial charge in [0.15, 0.2) is 0 Å². The first-order valence-corrected chi connectivity index (χ1v) is 6.95. The Labute approximate surface area is 111 Å². The lowest BCUT2D eigenvalue weighted by Crippen LogP contribution is -2.54. The second-order valence-corrected chi connectivity index (χ2v) is 5.92. The van der Waals surface area contributed by atoms with Crippen molar-refractivity contribution in [1.82, 2.24) is 4.90 Å². The minimum Gasteiger partial charge on any atom is -0.340 e. The van der Waals surface area contributed by atoms with Crippen LogP contribution in [-0.2, 0) is 4.79 Å². The highest BCUT2D eigenvalue weighted by Gasteiger charge is 2.42. The van der Waals surface area contributed by atoms with Crippen molar-refractivity contribution in [2.75, 3.05) is 13.1 Å². The van der Waals surface area contributed by atoms with Crippen molar-refractivity contribution in [3.63, 3.8) is 0 Å². The molecule has 19 heavy (non-hydrogen) atoms. The van der Waals surface area contributed by atoms with Crippen LogP contribution >= 0.6 is 0 Å². The number of amides is 1. The molecular weight excluding hydrogens is 257 g/mol. The molecule has 110 valence electrons. The molecule has 1 amide bonds. The molecule has 0 aliphatic heterocycles. The van der Waals surface area contributed by atoms with E-state index >= 15 is 0 Å². The van der Waals surface area contributed by atoms with Gasteiger partial charge in [0.2, 0.25) is 5.91 Å². The zero-order chi connectivity index (χ0) is 14.1. The topological polar surface area (TPSA) is 46.3 Å². The first kappa shape index (κ1) is 14.6. The largest absolute Gasteiger partial charge is 0.390 e. The molecule has 0 aromatic carbocycles. The summed E-state index contributed by atoms with van der Waals surface area (Å²) in [6.45, 7) is 0.186. The van der Waals surface area contributed by atoms with E-state index in [0.717, 1.165) is 25.7 Å². The highest BCUT2D eigenvalue weighted by molar-refractivity contribution is 5.86. The van der Waals surface area contributed by atoms with E-state index in [-0.39, 0.29) is 12.5 Å². The van der Waals surface area contributed by atoms with Gasteiger partial charge in [0.05, 0.1) is 12.0 Å². The third-order valence-electron chi connectivity index (χ3n) is 4.05. The lowest BCUT2D eigenvalue weighted by Gasteiger charge is -2.32. The Balaban J connectivity index is 1.97. The summed E-state index contributed by atoms with van der Waals surface area (Å²) >= 11 is 0. The van der Waals surface area contributed by atoms with Gasteiger partial charge >= 0.3 is 6.18 Å². The molecule has 0 aromatic rings. The summed E-state index contributed by atoms with van der Waals surface area (Å²) in [5.74, 6) is 0.100. The van der Waals surface area contributed by atoms with Gasteiger partial charge in [-0.3, -0.25) is 4.79 Å². The fraction of sp³-hybridized carbons (Fsp3) is 0.923. The molecule has 6 heteroatoms. The number of alkyl halides is 3. The van der Waals surface area contributed by atoms with Gasteiger partial charge in [0.1, 0.15) is 0 Å². The van der Waals surface area contributed by atoms with Crippen LogP contribution in [0.15, 0.2) is 0 Å². The average molecular weight is 278 g/mol. The third-order valence-corrected chi connectivity index (χ3v) is 4.05. The quantitative estimate of drug-likeness (QED) is 0.839. The van der Waals surface area contributed by atoms with Gasteiger partial charge in [0, 0.05) is 13.1 Å². The lowest BCUT2D eigenvalue weighted by molar-refractivity contribution is -0.148. The zero-order valence-corrected chi connectivity index (χ0v) is 11.0. The predicted molar refractivity (Wildman–Crippen MR) is 65.4 cm³/mol. The molecule has 0 spiro atoms. The van der Waals surface area contributed by atoms with E-state index in [1.54, 1.807) is 0 Å². The number of hydrogen-bond acceptors (Lipinski definition) is 2. The first-order chi connectivity index (χ1) is 8.80. The van der Waals surface area contributed by atoms with Crippen LogP contribution in [0.3, 0.4) is 0 Å². The van der Waals surface area contributed by atoms with Gasteiger partial charge in [-0.1, -0.05) is 12.8 Å². The Morgan fingerprint density at radius 2 is 1.84 bits per heavy atom. The van der Waals surface area contributed by atoms with Gasteiger partial charge < -0.3 is 10.6 Å². The molecule has 2 aliphatic carbocycles. The summed E-state index contributed by atoms with van der Waals surface area (Å²) in [5, 5.41) is 0. The van der Waals surface area contributed by atoms with E-state index in [2.05, 4.69) is 0 Å². The van der Waals surface area contributed by atoms with Gasteiger partial charge in [-0.05, 0) is 31.6 Å². The van der Waals surface area contributed by atoms with Gasteiger partial charge in [0.25, 0.3) is 0 Å². The smallest absolute Gasteiger partial charge is 0.340 e. The van der Waals surface area contributed by atoms with E-state index in [4.69, 9.17) is 5.73 Å². The minimum absolute atomic E-state index is 0.252. The van der Waals surface area contributed by atoms with E-state index in [1.165, 1.54) is 4.90 Å². The van der Waals surface area contributed by atoms with E-state index in [1.807, 2.05) is 0 Å². The van der Waals surface area contributed by atoms with Crippen LogP contribution in [-0.4, -0.2) is 35.6 Å². The Kier molecular flexibility index (Phi) is 4.08. The van der Waals surface area contributed by atoms with Gasteiger partial charge in [-0.25, -0.2) is 0 Å². The van der Waals surface area contributed by atoms with Gasteiger partial charge in [-0.2, -0.15) is 13.2 Å². The van der Waals surface area contributed by atoms with E-state index in [0.29, 0.717) is 25.3 Å². The van der Waals surface area contributed by atoms with Crippen LogP contribution in [0.5, 0.6) is 0 Å². The molecule has 2 aliphatic rings.